The van der Waals surface area contributed by atoms with E-state index >= 15 is 0 Å². The number of nitrogens with zero attached hydrogens (tertiary/aromatic N) is 1. The van der Waals surface area contributed by atoms with Crippen LogP contribution in [0.1, 0.15) is 11.1 Å². The quantitative estimate of drug-likeness (QED) is 0.823. The summed E-state index contributed by atoms with van der Waals surface area (Å²) in [6.45, 7) is 1.34. The molecule has 96 valence electrons. The molecule has 1 amide bonds. The predicted octanol–water partition coefficient (Wildman–Crippen LogP) is 2.61. The summed E-state index contributed by atoms with van der Waals surface area (Å²) in [5.41, 5.74) is 2.19. The number of carbonyl (C=O) groups excluding carboxylic acids is 1. The lowest BCUT2D eigenvalue weighted by Crippen LogP contribution is -2.31. The van der Waals surface area contributed by atoms with Gasteiger partial charge in [0.05, 0.1) is 0 Å². The Bertz CT molecular complexity index is 580. The zero-order chi connectivity index (χ0) is 13.1. The zero-order valence-electron chi connectivity index (χ0n) is 10.6. The molecule has 0 atom stereocenters. The van der Waals surface area contributed by atoms with Gasteiger partial charge in [-0.15, -0.1) is 0 Å². The van der Waals surface area contributed by atoms with Crippen molar-refractivity contribution < 1.29 is 9.53 Å². The number of benzene rings is 2. The van der Waals surface area contributed by atoms with Crippen molar-refractivity contribution in [2.45, 2.75) is 13.1 Å². The Kier molecular flexibility index (Phi) is 3.19. The molecule has 0 N–H and O–H groups in total. The molecular formula is C16H15NO2. The highest BCUT2D eigenvalue weighted by atomic mass is 16.5. The van der Waals surface area contributed by atoms with E-state index in [1.165, 1.54) is 0 Å². The highest BCUT2D eigenvalue weighted by Crippen LogP contribution is 2.23. The van der Waals surface area contributed by atoms with Crippen LogP contribution in [0.25, 0.3) is 0 Å². The number of carbonyl (C=O) groups is 1. The number of para-hydroxylation sites is 1. The molecule has 1 aliphatic rings. The Morgan fingerprint density at radius 2 is 1.74 bits per heavy atom. The molecule has 0 saturated carbocycles. The Balaban J connectivity index is 1.83. The second kappa shape index (κ2) is 5.14. The summed E-state index contributed by atoms with van der Waals surface area (Å²) < 4.78 is 5.54. The van der Waals surface area contributed by atoms with Crippen LogP contribution >= 0.6 is 0 Å². The van der Waals surface area contributed by atoms with Gasteiger partial charge >= 0.3 is 0 Å². The van der Waals surface area contributed by atoms with Gasteiger partial charge in [0.25, 0.3) is 5.91 Å². The molecule has 1 aliphatic heterocycles. The number of rotatable bonds is 2. The summed E-state index contributed by atoms with van der Waals surface area (Å²) in [4.78, 5) is 13.9. The fourth-order valence-electron chi connectivity index (χ4n) is 2.25. The third-order valence-corrected chi connectivity index (χ3v) is 3.25. The molecule has 0 saturated heterocycles. The van der Waals surface area contributed by atoms with Crippen molar-refractivity contribution in [3.05, 3.63) is 65.7 Å². The lowest BCUT2D eigenvalue weighted by Gasteiger charge is -2.20. The molecule has 3 nitrogen and oxygen atoms in total. The Hall–Kier alpha value is -2.29. The third kappa shape index (κ3) is 2.60. The first kappa shape index (κ1) is 11.8. The van der Waals surface area contributed by atoms with Crippen molar-refractivity contribution >= 4 is 5.91 Å². The molecule has 0 aromatic heterocycles. The SMILES string of the molecule is O=C1COc2ccccc2CN1Cc1ccccc1. The van der Waals surface area contributed by atoms with Gasteiger partial charge in [0.15, 0.2) is 6.61 Å². The van der Waals surface area contributed by atoms with Crippen LogP contribution in [0.2, 0.25) is 0 Å². The van der Waals surface area contributed by atoms with E-state index in [-0.39, 0.29) is 12.5 Å². The van der Waals surface area contributed by atoms with Crippen LogP contribution in [-0.2, 0) is 17.9 Å². The minimum atomic E-state index is 0.0278. The molecular weight excluding hydrogens is 238 g/mol. The second-order valence-electron chi connectivity index (χ2n) is 4.63. The van der Waals surface area contributed by atoms with Crippen LogP contribution in [0.4, 0.5) is 0 Å². The largest absolute Gasteiger partial charge is 0.483 e. The normalized spacial score (nSPS) is 14.5. The zero-order valence-corrected chi connectivity index (χ0v) is 10.6. The molecule has 2 aromatic rings. The van der Waals surface area contributed by atoms with Gasteiger partial charge in [-0.25, -0.2) is 0 Å². The molecule has 0 bridgehead atoms. The first-order valence-corrected chi connectivity index (χ1v) is 6.35. The summed E-state index contributed by atoms with van der Waals surface area (Å²) in [6, 6.07) is 17.8. The molecule has 0 radical (unpaired) electrons. The number of ether oxygens (including phenoxy) is 1. The summed E-state index contributed by atoms with van der Waals surface area (Å²) >= 11 is 0. The van der Waals surface area contributed by atoms with E-state index in [9.17, 15) is 4.79 Å². The number of hydrogen-bond acceptors (Lipinski definition) is 2. The molecule has 0 fully saturated rings. The lowest BCUT2D eigenvalue weighted by atomic mass is 10.1. The van der Waals surface area contributed by atoms with Crippen molar-refractivity contribution in [2.24, 2.45) is 0 Å². The topological polar surface area (TPSA) is 29.5 Å². The Labute approximate surface area is 112 Å². The van der Waals surface area contributed by atoms with E-state index in [0.29, 0.717) is 13.1 Å². The molecule has 0 spiro atoms. The van der Waals surface area contributed by atoms with Crippen molar-refractivity contribution in [1.29, 1.82) is 0 Å². The van der Waals surface area contributed by atoms with E-state index in [0.717, 1.165) is 16.9 Å². The van der Waals surface area contributed by atoms with Gasteiger partial charge in [0, 0.05) is 18.7 Å². The average molecular weight is 253 g/mol. The van der Waals surface area contributed by atoms with E-state index in [4.69, 9.17) is 4.74 Å². The summed E-state index contributed by atoms with van der Waals surface area (Å²) in [6.07, 6.45) is 0. The number of amides is 1. The van der Waals surface area contributed by atoms with Gasteiger partial charge in [-0.3, -0.25) is 4.79 Å². The van der Waals surface area contributed by atoms with Crippen LogP contribution < -0.4 is 4.74 Å². The van der Waals surface area contributed by atoms with Gasteiger partial charge in [-0.1, -0.05) is 48.5 Å². The third-order valence-electron chi connectivity index (χ3n) is 3.25. The molecule has 3 heteroatoms. The standard InChI is InChI=1S/C16H15NO2/c18-16-12-19-15-9-5-4-8-14(15)11-17(16)10-13-6-2-1-3-7-13/h1-9H,10-12H2. The molecule has 2 aromatic carbocycles. The maximum Gasteiger partial charge on any atom is 0.261 e. The fourth-order valence-corrected chi connectivity index (χ4v) is 2.25. The molecule has 19 heavy (non-hydrogen) atoms. The Morgan fingerprint density at radius 1 is 1.00 bits per heavy atom. The van der Waals surface area contributed by atoms with E-state index in [2.05, 4.69) is 0 Å². The fraction of sp³-hybridized carbons (Fsp3) is 0.188. The van der Waals surface area contributed by atoms with Crippen molar-refractivity contribution in [1.82, 2.24) is 4.90 Å². The monoisotopic (exact) mass is 253 g/mol. The van der Waals surface area contributed by atoms with Gasteiger partial charge in [0.1, 0.15) is 5.75 Å². The molecule has 0 unspecified atom stereocenters. The summed E-state index contributed by atoms with van der Waals surface area (Å²) in [7, 11) is 0. The summed E-state index contributed by atoms with van der Waals surface area (Å²) in [5.74, 6) is 0.839. The van der Waals surface area contributed by atoms with Gasteiger partial charge in [-0.05, 0) is 11.6 Å². The molecule has 3 rings (SSSR count). The number of fused-ring (bicyclic) bond motifs is 1. The summed E-state index contributed by atoms with van der Waals surface area (Å²) in [5, 5.41) is 0. The van der Waals surface area contributed by atoms with Gasteiger partial charge < -0.3 is 9.64 Å². The Morgan fingerprint density at radius 3 is 2.58 bits per heavy atom. The van der Waals surface area contributed by atoms with E-state index in [1.54, 1.807) is 0 Å². The highest BCUT2D eigenvalue weighted by molar-refractivity contribution is 5.78. The van der Waals surface area contributed by atoms with Crippen LogP contribution in [-0.4, -0.2) is 17.4 Å². The van der Waals surface area contributed by atoms with Crippen LogP contribution in [0.3, 0.4) is 0 Å². The van der Waals surface area contributed by atoms with E-state index in [1.807, 2.05) is 59.5 Å². The van der Waals surface area contributed by atoms with Crippen molar-refractivity contribution in [2.75, 3.05) is 6.61 Å². The van der Waals surface area contributed by atoms with Crippen LogP contribution in [0.5, 0.6) is 5.75 Å². The van der Waals surface area contributed by atoms with Crippen LogP contribution in [0, 0.1) is 0 Å². The lowest BCUT2D eigenvalue weighted by molar-refractivity contribution is -0.133. The van der Waals surface area contributed by atoms with E-state index < -0.39 is 0 Å². The first-order chi connectivity index (χ1) is 9.33. The highest BCUT2D eigenvalue weighted by Gasteiger charge is 2.21. The minimum absolute atomic E-state index is 0.0278. The first-order valence-electron chi connectivity index (χ1n) is 6.35. The molecule has 1 heterocycles. The van der Waals surface area contributed by atoms with Crippen LogP contribution in [0.15, 0.2) is 54.6 Å². The van der Waals surface area contributed by atoms with Gasteiger partial charge in [-0.2, -0.15) is 0 Å². The van der Waals surface area contributed by atoms with Gasteiger partial charge in [0.2, 0.25) is 0 Å². The number of hydrogen-bond donors (Lipinski definition) is 0. The van der Waals surface area contributed by atoms with Crippen molar-refractivity contribution in [3.8, 4) is 5.75 Å². The average Bonchev–Trinajstić information content (AvgIpc) is 2.61. The second-order valence-corrected chi connectivity index (χ2v) is 4.63. The predicted molar refractivity (Wildman–Crippen MR) is 72.6 cm³/mol. The maximum atomic E-state index is 12.1. The van der Waals surface area contributed by atoms with Crippen molar-refractivity contribution in [3.63, 3.8) is 0 Å². The molecule has 0 aliphatic carbocycles. The minimum Gasteiger partial charge on any atom is -0.483 e. The maximum absolute atomic E-state index is 12.1. The smallest absolute Gasteiger partial charge is 0.261 e.